The van der Waals surface area contributed by atoms with Crippen molar-refractivity contribution in [3.63, 3.8) is 0 Å². The number of methoxy groups -OCH3 is 2. The molecule has 4 heteroatoms. The van der Waals surface area contributed by atoms with E-state index in [0.717, 1.165) is 16.9 Å². The van der Waals surface area contributed by atoms with Crippen LogP contribution in [0.15, 0.2) is 12.1 Å². The second kappa shape index (κ2) is 4.37. The second-order valence-electron chi connectivity index (χ2n) is 3.68. The zero-order valence-electron chi connectivity index (χ0n) is 9.57. The van der Waals surface area contributed by atoms with Gasteiger partial charge >= 0.3 is 0 Å². The van der Waals surface area contributed by atoms with Crippen molar-refractivity contribution in [2.45, 2.75) is 17.9 Å². The number of rotatable bonds is 2. The summed E-state index contributed by atoms with van der Waals surface area (Å²) >= 11 is 1.66. The molecular formula is C12H14O3S. The van der Waals surface area contributed by atoms with Gasteiger partial charge < -0.3 is 9.47 Å². The molecular weight excluding hydrogens is 224 g/mol. The number of carbonyl (C=O) groups is 1. The predicted octanol–water partition coefficient (Wildman–Crippen LogP) is 2.52. The Kier molecular flexibility index (Phi) is 3.10. The van der Waals surface area contributed by atoms with Crippen molar-refractivity contribution in [2.75, 3.05) is 14.2 Å². The Bertz CT molecular complexity index is 429. The van der Waals surface area contributed by atoms with Gasteiger partial charge in [0.1, 0.15) is 0 Å². The maximum Gasteiger partial charge on any atom is 0.175 e. The van der Waals surface area contributed by atoms with Gasteiger partial charge in [-0.05, 0) is 24.6 Å². The third-order valence-corrected chi connectivity index (χ3v) is 3.92. The number of Topliss-reactive ketones (excluding diaryl/α,β-unsaturated/α-hetero) is 1. The molecule has 1 unspecified atom stereocenters. The number of hydrogen-bond acceptors (Lipinski definition) is 4. The lowest BCUT2D eigenvalue weighted by molar-refractivity contribution is 0.0991. The fraction of sp³-hybridized carbons (Fsp3) is 0.417. The molecule has 0 aliphatic carbocycles. The maximum atomic E-state index is 12.0. The lowest BCUT2D eigenvalue weighted by Gasteiger charge is -2.21. The quantitative estimate of drug-likeness (QED) is 0.793. The molecule has 0 N–H and O–H groups in total. The summed E-state index contributed by atoms with van der Waals surface area (Å²) in [7, 11) is 3.18. The van der Waals surface area contributed by atoms with Crippen LogP contribution in [0.25, 0.3) is 0 Å². The number of thioether (sulfide) groups is 1. The fourth-order valence-electron chi connectivity index (χ4n) is 1.78. The molecule has 16 heavy (non-hydrogen) atoms. The summed E-state index contributed by atoms with van der Waals surface area (Å²) in [4.78, 5) is 12.0. The van der Waals surface area contributed by atoms with Crippen molar-refractivity contribution in [1.29, 1.82) is 0 Å². The van der Waals surface area contributed by atoms with Crippen LogP contribution in [-0.4, -0.2) is 25.3 Å². The van der Waals surface area contributed by atoms with Gasteiger partial charge in [-0.15, -0.1) is 11.8 Å². The van der Waals surface area contributed by atoms with E-state index in [1.807, 2.05) is 13.0 Å². The van der Waals surface area contributed by atoms with E-state index in [9.17, 15) is 4.79 Å². The summed E-state index contributed by atoms with van der Waals surface area (Å²) in [6.07, 6.45) is 0. The molecule has 0 fully saturated rings. The van der Waals surface area contributed by atoms with Crippen LogP contribution in [0.4, 0.5) is 0 Å². The van der Waals surface area contributed by atoms with Crippen LogP contribution in [0.2, 0.25) is 0 Å². The zero-order chi connectivity index (χ0) is 11.7. The number of hydrogen-bond donors (Lipinski definition) is 0. The number of ketones is 1. The summed E-state index contributed by atoms with van der Waals surface area (Å²) in [5.74, 6) is 2.33. The maximum absolute atomic E-state index is 12.0. The van der Waals surface area contributed by atoms with Crippen molar-refractivity contribution in [1.82, 2.24) is 0 Å². The van der Waals surface area contributed by atoms with Crippen molar-refractivity contribution in [2.24, 2.45) is 0 Å². The average molecular weight is 238 g/mol. The van der Waals surface area contributed by atoms with Gasteiger partial charge in [0.25, 0.3) is 0 Å². The minimum absolute atomic E-state index is 0.0330. The molecule has 1 aromatic carbocycles. The molecule has 1 aliphatic rings. The van der Waals surface area contributed by atoms with E-state index in [1.165, 1.54) is 0 Å². The van der Waals surface area contributed by atoms with Gasteiger partial charge in [0.05, 0.1) is 19.5 Å². The second-order valence-corrected chi connectivity index (χ2v) is 5.01. The van der Waals surface area contributed by atoms with E-state index in [4.69, 9.17) is 9.47 Å². The third kappa shape index (κ3) is 1.78. The first-order valence-corrected chi connectivity index (χ1v) is 6.13. The standard InChI is InChI=1S/C12H14O3S/c1-7-12(13)9-5-11(15-3)10(14-2)4-8(9)6-16-7/h4-5,7H,6H2,1-3H3. The number of carbonyl (C=O) groups excluding carboxylic acids is 1. The molecule has 1 heterocycles. The first kappa shape index (κ1) is 11.3. The molecule has 0 radical (unpaired) electrons. The van der Waals surface area contributed by atoms with Gasteiger partial charge in [-0.1, -0.05) is 0 Å². The Balaban J connectivity index is 2.52. The minimum atomic E-state index is 0.0330. The topological polar surface area (TPSA) is 35.5 Å². The van der Waals surface area contributed by atoms with Gasteiger partial charge in [0, 0.05) is 11.3 Å². The van der Waals surface area contributed by atoms with E-state index in [2.05, 4.69) is 0 Å². The smallest absolute Gasteiger partial charge is 0.175 e. The van der Waals surface area contributed by atoms with Crippen molar-refractivity contribution in [3.05, 3.63) is 23.3 Å². The first-order chi connectivity index (χ1) is 7.67. The number of ether oxygens (including phenoxy) is 2. The molecule has 0 spiro atoms. The molecule has 0 bridgehead atoms. The molecule has 1 aliphatic heterocycles. The largest absolute Gasteiger partial charge is 0.493 e. The molecule has 3 nitrogen and oxygen atoms in total. The molecule has 1 atom stereocenters. The van der Waals surface area contributed by atoms with Crippen LogP contribution in [-0.2, 0) is 5.75 Å². The lowest BCUT2D eigenvalue weighted by Crippen LogP contribution is -2.20. The summed E-state index contributed by atoms with van der Waals surface area (Å²) < 4.78 is 10.4. The molecule has 1 aromatic rings. The van der Waals surface area contributed by atoms with Gasteiger partial charge in [-0.3, -0.25) is 4.79 Å². The highest BCUT2D eigenvalue weighted by Gasteiger charge is 2.26. The highest BCUT2D eigenvalue weighted by Crippen LogP contribution is 2.37. The van der Waals surface area contributed by atoms with Crippen molar-refractivity contribution in [3.8, 4) is 11.5 Å². The highest BCUT2D eigenvalue weighted by atomic mass is 32.2. The van der Waals surface area contributed by atoms with E-state index in [0.29, 0.717) is 11.5 Å². The Morgan fingerprint density at radius 1 is 1.25 bits per heavy atom. The van der Waals surface area contributed by atoms with E-state index >= 15 is 0 Å². The third-order valence-electron chi connectivity index (χ3n) is 2.73. The van der Waals surface area contributed by atoms with Gasteiger partial charge in [-0.2, -0.15) is 0 Å². The molecule has 0 amide bonds. The first-order valence-electron chi connectivity index (χ1n) is 5.08. The molecule has 2 rings (SSSR count). The van der Waals surface area contributed by atoms with Crippen LogP contribution in [0, 0.1) is 0 Å². The fourth-order valence-corrected chi connectivity index (χ4v) is 2.73. The van der Waals surface area contributed by atoms with E-state index in [1.54, 1.807) is 32.0 Å². The van der Waals surface area contributed by atoms with Crippen LogP contribution in [0.1, 0.15) is 22.8 Å². The van der Waals surface area contributed by atoms with Crippen molar-refractivity contribution >= 4 is 17.5 Å². The van der Waals surface area contributed by atoms with Crippen LogP contribution >= 0.6 is 11.8 Å². The minimum Gasteiger partial charge on any atom is -0.493 e. The monoisotopic (exact) mass is 238 g/mol. The van der Waals surface area contributed by atoms with Crippen LogP contribution < -0.4 is 9.47 Å². The van der Waals surface area contributed by atoms with Crippen LogP contribution in [0.5, 0.6) is 11.5 Å². The lowest BCUT2D eigenvalue weighted by atomic mass is 10.0. The van der Waals surface area contributed by atoms with Crippen molar-refractivity contribution < 1.29 is 14.3 Å². The summed E-state index contributed by atoms with van der Waals surface area (Å²) in [5, 5.41) is 0.0330. The number of fused-ring (bicyclic) bond motifs is 1. The molecule has 86 valence electrons. The Morgan fingerprint density at radius 2 is 1.88 bits per heavy atom. The molecule has 0 saturated heterocycles. The van der Waals surface area contributed by atoms with E-state index in [-0.39, 0.29) is 11.0 Å². The Hall–Kier alpha value is -1.16. The van der Waals surface area contributed by atoms with Gasteiger partial charge in [0.15, 0.2) is 17.3 Å². The Morgan fingerprint density at radius 3 is 2.50 bits per heavy atom. The summed E-state index contributed by atoms with van der Waals surface area (Å²) in [6.45, 7) is 1.94. The predicted molar refractivity (Wildman–Crippen MR) is 64.6 cm³/mol. The zero-order valence-corrected chi connectivity index (χ0v) is 10.4. The Labute approximate surface area is 99.1 Å². The summed E-state index contributed by atoms with van der Waals surface area (Å²) in [6, 6.07) is 3.68. The van der Waals surface area contributed by atoms with Crippen LogP contribution in [0.3, 0.4) is 0 Å². The van der Waals surface area contributed by atoms with Gasteiger partial charge in [0.2, 0.25) is 0 Å². The average Bonchev–Trinajstić information content (AvgIpc) is 2.32. The molecule has 0 aromatic heterocycles. The van der Waals surface area contributed by atoms with E-state index < -0.39 is 0 Å². The molecule has 0 saturated carbocycles. The normalized spacial score (nSPS) is 19.2. The SMILES string of the molecule is COc1cc2c(cc1OC)C(=O)C(C)SC2. The summed E-state index contributed by atoms with van der Waals surface area (Å²) in [5.41, 5.74) is 1.80. The highest BCUT2D eigenvalue weighted by molar-refractivity contribution is 8.00. The number of benzene rings is 1. The van der Waals surface area contributed by atoms with Gasteiger partial charge in [-0.25, -0.2) is 0 Å².